The van der Waals surface area contributed by atoms with Gasteiger partial charge in [-0.3, -0.25) is 19.5 Å². The molecule has 2 aromatic rings. The second-order valence-electron chi connectivity index (χ2n) is 7.81. The number of nitrogens with zero attached hydrogens (tertiary/aromatic N) is 2. The Balaban J connectivity index is 1.40. The van der Waals surface area contributed by atoms with Gasteiger partial charge in [-0.05, 0) is 44.4 Å². The van der Waals surface area contributed by atoms with Gasteiger partial charge in [0.1, 0.15) is 5.82 Å². The maximum absolute atomic E-state index is 12.5. The molecule has 1 aliphatic carbocycles. The third-order valence-corrected chi connectivity index (χ3v) is 5.63. The van der Waals surface area contributed by atoms with Crippen LogP contribution < -0.4 is 16.2 Å². The fourth-order valence-corrected chi connectivity index (χ4v) is 4.00. The predicted molar refractivity (Wildman–Crippen MR) is 108 cm³/mol. The van der Waals surface area contributed by atoms with Gasteiger partial charge < -0.3 is 10.1 Å². The van der Waals surface area contributed by atoms with E-state index >= 15 is 0 Å². The van der Waals surface area contributed by atoms with Crippen molar-refractivity contribution in [2.75, 3.05) is 0 Å². The smallest absolute Gasteiger partial charge is 0.338 e. The van der Waals surface area contributed by atoms with Crippen molar-refractivity contribution in [1.82, 2.24) is 20.2 Å². The molecule has 1 atom stereocenters. The number of aromatic nitrogens is 2. The van der Waals surface area contributed by atoms with Gasteiger partial charge in [0.25, 0.3) is 11.5 Å². The Kier molecular flexibility index (Phi) is 5.52. The summed E-state index contributed by atoms with van der Waals surface area (Å²) in [7, 11) is 0. The van der Waals surface area contributed by atoms with E-state index < -0.39 is 24.0 Å². The summed E-state index contributed by atoms with van der Waals surface area (Å²) in [4.78, 5) is 53.6. The average molecular weight is 412 g/mol. The van der Waals surface area contributed by atoms with Crippen molar-refractivity contribution < 1.29 is 19.1 Å². The van der Waals surface area contributed by atoms with Crippen LogP contribution in [0.15, 0.2) is 23.0 Å². The molecule has 2 aliphatic rings. The largest absolute Gasteiger partial charge is 0.449 e. The van der Waals surface area contributed by atoms with E-state index in [1.807, 2.05) is 0 Å². The Bertz CT molecular complexity index is 1070. The highest BCUT2D eigenvalue weighted by atomic mass is 16.5. The van der Waals surface area contributed by atoms with Crippen LogP contribution >= 0.6 is 0 Å². The predicted octanol–water partition coefficient (Wildman–Crippen LogP) is 1.66. The summed E-state index contributed by atoms with van der Waals surface area (Å²) in [5.74, 6) is -0.717. The molecule has 1 aromatic heterocycles. The van der Waals surface area contributed by atoms with Gasteiger partial charge in [0, 0.05) is 19.0 Å². The first-order valence-corrected chi connectivity index (χ1v) is 10.3. The third kappa shape index (κ3) is 4.05. The van der Waals surface area contributed by atoms with Crippen LogP contribution in [0.25, 0.3) is 10.9 Å². The van der Waals surface area contributed by atoms with Crippen molar-refractivity contribution in [2.24, 2.45) is 0 Å². The van der Waals surface area contributed by atoms with Crippen LogP contribution in [0.3, 0.4) is 0 Å². The SMILES string of the molecule is C[C@H](OC(=O)c1ccc2c(=O)n3c(nc2c1)CCC3)C(=O)NC(=O)NC1CCCC1. The second-order valence-corrected chi connectivity index (χ2v) is 7.81. The molecule has 1 fully saturated rings. The maximum atomic E-state index is 12.5. The van der Waals surface area contributed by atoms with Crippen molar-refractivity contribution in [1.29, 1.82) is 0 Å². The summed E-state index contributed by atoms with van der Waals surface area (Å²) in [6.45, 7) is 2.05. The molecule has 0 radical (unpaired) electrons. The van der Waals surface area contributed by atoms with E-state index in [4.69, 9.17) is 4.74 Å². The molecular weight excluding hydrogens is 388 g/mol. The molecule has 158 valence electrons. The lowest BCUT2D eigenvalue weighted by molar-refractivity contribution is -0.127. The van der Waals surface area contributed by atoms with Crippen LogP contribution in [0.5, 0.6) is 0 Å². The Morgan fingerprint density at radius 2 is 1.97 bits per heavy atom. The highest BCUT2D eigenvalue weighted by Crippen LogP contribution is 2.18. The number of amides is 3. The first-order chi connectivity index (χ1) is 14.4. The van der Waals surface area contributed by atoms with Gasteiger partial charge in [0.2, 0.25) is 0 Å². The van der Waals surface area contributed by atoms with Crippen LogP contribution in [-0.4, -0.2) is 39.6 Å². The van der Waals surface area contributed by atoms with Gasteiger partial charge in [-0.15, -0.1) is 0 Å². The van der Waals surface area contributed by atoms with Crippen LogP contribution in [0.4, 0.5) is 4.79 Å². The molecule has 1 saturated carbocycles. The zero-order valence-electron chi connectivity index (χ0n) is 16.8. The van der Waals surface area contributed by atoms with Gasteiger partial charge >= 0.3 is 12.0 Å². The van der Waals surface area contributed by atoms with Gasteiger partial charge in [-0.1, -0.05) is 12.8 Å². The number of carbonyl (C=O) groups excluding carboxylic acids is 3. The zero-order chi connectivity index (χ0) is 21.3. The maximum Gasteiger partial charge on any atom is 0.338 e. The molecule has 0 saturated heterocycles. The zero-order valence-corrected chi connectivity index (χ0v) is 16.8. The molecule has 2 heterocycles. The number of ether oxygens (including phenoxy) is 1. The highest BCUT2D eigenvalue weighted by molar-refractivity contribution is 5.99. The highest BCUT2D eigenvalue weighted by Gasteiger charge is 2.24. The molecule has 0 unspecified atom stereocenters. The fourth-order valence-electron chi connectivity index (χ4n) is 4.00. The first-order valence-electron chi connectivity index (χ1n) is 10.3. The second kappa shape index (κ2) is 8.25. The molecule has 3 amide bonds. The summed E-state index contributed by atoms with van der Waals surface area (Å²) in [5, 5.41) is 5.39. The number of benzene rings is 1. The summed E-state index contributed by atoms with van der Waals surface area (Å²) < 4.78 is 6.85. The third-order valence-electron chi connectivity index (χ3n) is 5.63. The number of esters is 1. The number of hydrogen-bond acceptors (Lipinski definition) is 6. The molecule has 1 aliphatic heterocycles. The van der Waals surface area contributed by atoms with Gasteiger partial charge in [-0.25, -0.2) is 14.6 Å². The molecular formula is C21H24N4O5. The van der Waals surface area contributed by atoms with E-state index in [1.54, 1.807) is 10.6 Å². The summed E-state index contributed by atoms with van der Waals surface area (Å²) in [5.41, 5.74) is 0.497. The number of fused-ring (bicyclic) bond motifs is 2. The van der Waals surface area contributed by atoms with Crippen molar-refractivity contribution in [3.63, 3.8) is 0 Å². The fraction of sp³-hybridized carbons (Fsp3) is 0.476. The number of imide groups is 1. The van der Waals surface area contributed by atoms with E-state index in [9.17, 15) is 19.2 Å². The van der Waals surface area contributed by atoms with E-state index in [2.05, 4.69) is 15.6 Å². The van der Waals surface area contributed by atoms with Crippen molar-refractivity contribution in [3.8, 4) is 0 Å². The van der Waals surface area contributed by atoms with E-state index in [0.29, 0.717) is 23.3 Å². The first kappa shape index (κ1) is 20.1. The van der Waals surface area contributed by atoms with Crippen molar-refractivity contribution in [3.05, 3.63) is 39.9 Å². The summed E-state index contributed by atoms with van der Waals surface area (Å²) in [6, 6.07) is 4.01. The summed E-state index contributed by atoms with van der Waals surface area (Å²) >= 11 is 0. The molecule has 4 rings (SSSR count). The van der Waals surface area contributed by atoms with Crippen molar-refractivity contribution >= 4 is 28.8 Å². The van der Waals surface area contributed by atoms with E-state index in [1.165, 1.54) is 19.1 Å². The van der Waals surface area contributed by atoms with Crippen LogP contribution in [0.2, 0.25) is 0 Å². The normalized spacial score (nSPS) is 16.8. The number of carbonyl (C=O) groups is 3. The number of aryl methyl sites for hydroxylation is 1. The molecule has 1 aromatic carbocycles. The van der Waals surface area contributed by atoms with E-state index in [-0.39, 0.29) is 17.2 Å². The quantitative estimate of drug-likeness (QED) is 0.737. The molecule has 0 spiro atoms. The lowest BCUT2D eigenvalue weighted by Gasteiger charge is -2.15. The molecule has 9 heteroatoms. The number of nitrogens with one attached hydrogen (secondary N) is 2. The molecule has 30 heavy (non-hydrogen) atoms. The monoisotopic (exact) mass is 412 g/mol. The van der Waals surface area contributed by atoms with Gasteiger partial charge in [0.05, 0.1) is 16.5 Å². The lowest BCUT2D eigenvalue weighted by Crippen LogP contribution is -2.47. The Labute approximate surface area is 172 Å². The number of hydrogen-bond donors (Lipinski definition) is 2. The van der Waals surface area contributed by atoms with Gasteiger partial charge in [-0.2, -0.15) is 0 Å². The van der Waals surface area contributed by atoms with Crippen LogP contribution in [-0.2, 0) is 22.5 Å². The van der Waals surface area contributed by atoms with Gasteiger partial charge in [0.15, 0.2) is 6.10 Å². The van der Waals surface area contributed by atoms with Crippen molar-refractivity contribution in [2.45, 2.75) is 64.1 Å². The Morgan fingerprint density at radius 3 is 2.73 bits per heavy atom. The number of urea groups is 1. The minimum absolute atomic E-state index is 0.0753. The van der Waals surface area contributed by atoms with Crippen LogP contribution in [0, 0.1) is 0 Å². The Morgan fingerprint density at radius 1 is 1.20 bits per heavy atom. The number of rotatable bonds is 4. The average Bonchev–Trinajstić information content (AvgIpc) is 3.39. The standard InChI is InChI=1S/C21H24N4O5/c1-12(18(26)24-21(29)22-14-5-2-3-6-14)30-20(28)13-8-9-15-16(11-13)23-17-7-4-10-25(17)19(15)27/h8-9,11-12,14H,2-7,10H2,1H3,(H2,22,24,26,29)/t12-/m0/s1. The summed E-state index contributed by atoms with van der Waals surface area (Å²) in [6.07, 6.45) is 4.35. The minimum atomic E-state index is -1.15. The molecule has 9 nitrogen and oxygen atoms in total. The minimum Gasteiger partial charge on any atom is -0.449 e. The van der Waals surface area contributed by atoms with Crippen LogP contribution in [0.1, 0.15) is 55.2 Å². The van der Waals surface area contributed by atoms with E-state index in [0.717, 1.165) is 38.5 Å². The molecule has 2 N–H and O–H groups in total. The lowest BCUT2D eigenvalue weighted by atomic mass is 10.1. The Hall–Kier alpha value is -3.23. The topological polar surface area (TPSA) is 119 Å². The molecule has 0 bridgehead atoms.